The van der Waals surface area contributed by atoms with Crippen LogP contribution in [0.5, 0.6) is 0 Å². The molecule has 1 saturated heterocycles. The van der Waals surface area contributed by atoms with E-state index in [1.54, 1.807) is 12.4 Å². The second kappa shape index (κ2) is 10.2. The van der Waals surface area contributed by atoms with E-state index in [9.17, 15) is 9.18 Å². The summed E-state index contributed by atoms with van der Waals surface area (Å²) in [6.07, 6.45) is 4.38. The molecule has 3 aromatic heterocycles. The fourth-order valence-electron chi connectivity index (χ4n) is 5.50. The van der Waals surface area contributed by atoms with E-state index in [-0.39, 0.29) is 11.7 Å². The molecule has 2 aliphatic rings. The van der Waals surface area contributed by atoms with Gasteiger partial charge in [-0.15, -0.1) is 0 Å². The van der Waals surface area contributed by atoms with Crippen molar-refractivity contribution < 1.29 is 13.9 Å². The number of hydrogen-bond acceptors (Lipinski definition) is 6. The fraction of sp³-hybridized carbons (Fsp3) is 0.345. The van der Waals surface area contributed by atoms with Crippen molar-refractivity contribution in [2.24, 2.45) is 0 Å². The molecule has 0 bridgehead atoms. The van der Waals surface area contributed by atoms with Gasteiger partial charge in [-0.05, 0) is 48.8 Å². The van der Waals surface area contributed by atoms with Crippen LogP contribution in [0.3, 0.4) is 0 Å². The van der Waals surface area contributed by atoms with Crippen LogP contribution in [0.2, 0.25) is 0 Å². The van der Waals surface area contributed by atoms with Gasteiger partial charge in [0.1, 0.15) is 17.3 Å². The zero-order valence-corrected chi connectivity index (χ0v) is 21.6. The van der Waals surface area contributed by atoms with Crippen molar-refractivity contribution in [2.75, 3.05) is 31.6 Å². The van der Waals surface area contributed by atoms with Gasteiger partial charge >= 0.3 is 0 Å². The van der Waals surface area contributed by atoms with Crippen LogP contribution < -0.4 is 10.6 Å². The molecule has 6 rings (SSSR count). The normalized spacial score (nSPS) is 16.8. The highest BCUT2D eigenvalue weighted by molar-refractivity contribution is 6.06. The van der Waals surface area contributed by atoms with Crippen molar-refractivity contribution in [3.8, 4) is 11.3 Å². The lowest BCUT2D eigenvalue weighted by Gasteiger charge is -2.22. The fourth-order valence-corrected chi connectivity index (χ4v) is 5.50. The third-order valence-corrected chi connectivity index (χ3v) is 7.63. The zero-order valence-electron chi connectivity index (χ0n) is 21.6. The van der Waals surface area contributed by atoms with Gasteiger partial charge in [-0.2, -0.15) is 0 Å². The summed E-state index contributed by atoms with van der Waals surface area (Å²) >= 11 is 0. The first-order valence-electron chi connectivity index (χ1n) is 13.2. The molecule has 1 unspecified atom stereocenters. The number of aromatic nitrogens is 3. The Hall–Kier alpha value is -3.82. The molecular weight excluding hydrogens is 483 g/mol. The summed E-state index contributed by atoms with van der Waals surface area (Å²) in [6, 6.07) is 10.8. The average Bonchev–Trinajstić information content (AvgIpc) is 3.68. The highest BCUT2D eigenvalue weighted by atomic mass is 19.1. The van der Waals surface area contributed by atoms with Crippen LogP contribution in [0.15, 0.2) is 48.8 Å². The number of rotatable bonds is 8. The molecule has 0 radical (unpaired) electrons. The van der Waals surface area contributed by atoms with Crippen LogP contribution in [0.1, 0.15) is 53.4 Å². The predicted octanol–water partition coefficient (Wildman–Crippen LogP) is 4.87. The van der Waals surface area contributed by atoms with Crippen molar-refractivity contribution in [1.29, 1.82) is 0 Å². The van der Waals surface area contributed by atoms with Gasteiger partial charge in [0.2, 0.25) is 0 Å². The smallest absolute Gasteiger partial charge is 0.254 e. The highest BCUT2D eigenvalue weighted by Gasteiger charge is 2.28. The number of anilines is 2. The van der Waals surface area contributed by atoms with Crippen molar-refractivity contribution in [3.63, 3.8) is 0 Å². The maximum absolute atomic E-state index is 13.7. The Kier molecular flexibility index (Phi) is 6.55. The average molecular weight is 515 g/mol. The number of carbonyl (C=O) groups excluding carboxylic acids is 1. The molecule has 2 N–H and O–H groups in total. The first-order chi connectivity index (χ1) is 18.6. The van der Waals surface area contributed by atoms with Gasteiger partial charge in [0.05, 0.1) is 35.4 Å². The van der Waals surface area contributed by atoms with Crippen LogP contribution in [-0.4, -0.2) is 51.5 Å². The molecular formula is C29H31FN6O2. The van der Waals surface area contributed by atoms with Crippen LogP contribution in [0.25, 0.3) is 16.9 Å². The largest absolute Gasteiger partial charge is 0.381 e. The van der Waals surface area contributed by atoms with Gasteiger partial charge in [0.25, 0.3) is 5.91 Å². The topological polar surface area (TPSA) is 83.8 Å². The lowest BCUT2D eigenvalue weighted by atomic mass is 9.96. The van der Waals surface area contributed by atoms with E-state index in [2.05, 4.69) is 40.4 Å². The van der Waals surface area contributed by atoms with Crippen LogP contribution in [0.4, 0.5) is 15.9 Å². The standard InChI is InChI=1S/C29H31FN6O2/c1-3-35(4-2)16-24-20(18-10-12-38-17-18)6-8-26(34-24)33-23-7-5-21(22-14-32-29(37)28(22)23)25-15-31-27-13-19(30)9-11-36(25)27/h5-9,11,13,15,18H,3-4,10,12,14,16-17H2,1-2H3,(H,32,37)(H,33,34). The highest BCUT2D eigenvalue weighted by Crippen LogP contribution is 2.36. The van der Waals surface area contributed by atoms with E-state index < -0.39 is 0 Å². The maximum Gasteiger partial charge on any atom is 0.254 e. The monoisotopic (exact) mass is 514 g/mol. The summed E-state index contributed by atoms with van der Waals surface area (Å²) in [7, 11) is 0. The second-order valence-corrected chi connectivity index (χ2v) is 9.79. The van der Waals surface area contributed by atoms with Crippen molar-refractivity contribution in [2.45, 2.75) is 39.3 Å². The minimum Gasteiger partial charge on any atom is -0.381 e. The number of nitrogens with one attached hydrogen (secondary N) is 2. The van der Waals surface area contributed by atoms with Gasteiger partial charge in [-0.3, -0.25) is 14.1 Å². The van der Waals surface area contributed by atoms with E-state index in [1.165, 1.54) is 17.7 Å². The SMILES string of the molecule is CCN(CC)Cc1nc(Nc2ccc(-c3cnc4cc(F)ccn34)c3c2C(=O)NC3)ccc1C1CCOC1. The quantitative estimate of drug-likeness (QED) is 0.349. The van der Waals surface area contributed by atoms with Gasteiger partial charge < -0.3 is 15.4 Å². The summed E-state index contributed by atoms with van der Waals surface area (Å²) in [5.41, 5.74) is 6.68. The number of amides is 1. The Labute approximate surface area is 220 Å². The van der Waals surface area contributed by atoms with E-state index in [0.29, 0.717) is 35.2 Å². The number of carbonyl (C=O) groups is 1. The van der Waals surface area contributed by atoms with E-state index in [4.69, 9.17) is 9.72 Å². The van der Waals surface area contributed by atoms with E-state index in [1.807, 2.05) is 22.6 Å². The zero-order chi connectivity index (χ0) is 26.2. The summed E-state index contributed by atoms with van der Waals surface area (Å²) in [4.78, 5) is 24.7. The Balaban J connectivity index is 1.37. The number of fused-ring (bicyclic) bond motifs is 2. The number of benzene rings is 1. The van der Waals surface area contributed by atoms with Crippen LogP contribution in [-0.2, 0) is 17.8 Å². The number of pyridine rings is 2. The molecule has 1 atom stereocenters. The molecule has 2 aliphatic heterocycles. The first kappa shape index (κ1) is 24.5. The summed E-state index contributed by atoms with van der Waals surface area (Å²) < 4.78 is 21.2. The van der Waals surface area contributed by atoms with Crippen molar-refractivity contribution >= 4 is 23.1 Å². The molecule has 5 heterocycles. The van der Waals surface area contributed by atoms with Gasteiger partial charge in [-0.25, -0.2) is 14.4 Å². The molecule has 1 fully saturated rings. The third-order valence-electron chi connectivity index (χ3n) is 7.63. The number of imidazole rings is 1. The van der Waals surface area contributed by atoms with E-state index >= 15 is 0 Å². The lowest BCUT2D eigenvalue weighted by molar-refractivity contribution is 0.0966. The number of halogens is 1. The molecule has 4 aromatic rings. The minimum absolute atomic E-state index is 0.132. The molecule has 0 aliphatic carbocycles. The Bertz CT molecular complexity index is 1510. The molecule has 1 aromatic carbocycles. The Morgan fingerprint density at radius 1 is 1.21 bits per heavy atom. The number of ether oxygens (including phenoxy) is 1. The molecule has 9 heteroatoms. The Morgan fingerprint density at radius 3 is 2.87 bits per heavy atom. The molecule has 1 amide bonds. The van der Waals surface area contributed by atoms with Crippen LogP contribution >= 0.6 is 0 Å². The lowest BCUT2D eigenvalue weighted by Crippen LogP contribution is -2.24. The number of hydrogen-bond donors (Lipinski definition) is 2. The van der Waals surface area contributed by atoms with Gasteiger partial charge in [0, 0.05) is 43.4 Å². The van der Waals surface area contributed by atoms with E-state index in [0.717, 1.165) is 61.8 Å². The summed E-state index contributed by atoms with van der Waals surface area (Å²) in [5.74, 6) is 0.591. The molecule has 8 nitrogen and oxygen atoms in total. The molecule has 38 heavy (non-hydrogen) atoms. The third kappa shape index (κ3) is 4.41. The minimum atomic E-state index is -0.337. The van der Waals surface area contributed by atoms with Gasteiger partial charge in [0.15, 0.2) is 0 Å². The molecule has 0 spiro atoms. The number of nitrogens with zero attached hydrogens (tertiary/aromatic N) is 4. The summed E-state index contributed by atoms with van der Waals surface area (Å²) in [6.45, 7) is 8.90. The second-order valence-electron chi connectivity index (χ2n) is 9.79. The molecule has 196 valence electrons. The molecule has 0 saturated carbocycles. The predicted molar refractivity (Wildman–Crippen MR) is 144 cm³/mol. The van der Waals surface area contributed by atoms with Crippen LogP contribution in [0, 0.1) is 5.82 Å². The first-order valence-corrected chi connectivity index (χ1v) is 13.2. The van der Waals surface area contributed by atoms with Crippen molar-refractivity contribution in [3.05, 3.63) is 77.0 Å². The van der Waals surface area contributed by atoms with Gasteiger partial charge in [-0.1, -0.05) is 26.0 Å². The Morgan fingerprint density at radius 2 is 2.08 bits per heavy atom. The maximum atomic E-state index is 13.7. The summed E-state index contributed by atoms with van der Waals surface area (Å²) in [5, 5.41) is 6.39. The van der Waals surface area contributed by atoms with Crippen molar-refractivity contribution in [1.82, 2.24) is 24.6 Å².